The Balaban J connectivity index is 1.92. The van der Waals surface area contributed by atoms with E-state index in [1.54, 1.807) is 5.31 Å². The van der Waals surface area contributed by atoms with Crippen molar-refractivity contribution >= 4 is 5.78 Å². The Morgan fingerprint density at radius 3 is 2.50 bits per heavy atom. The van der Waals surface area contributed by atoms with Gasteiger partial charge < -0.3 is 5.31 Å². The lowest BCUT2D eigenvalue weighted by Gasteiger charge is -2.43. The normalized spacial score (nSPS) is 33.6. The summed E-state index contributed by atoms with van der Waals surface area (Å²) in [5, 5.41) is 1.61. The van der Waals surface area contributed by atoms with E-state index in [-0.39, 0.29) is 0 Å². The highest BCUT2D eigenvalue weighted by molar-refractivity contribution is 5.86. The van der Waals surface area contributed by atoms with Gasteiger partial charge in [-0.25, -0.2) is 0 Å². The molecule has 1 heterocycles. The van der Waals surface area contributed by atoms with Gasteiger partial charge in [0, 0.05) is 12.8 Å². The molecule has 2 fully saturated rings. The van der Waals surface area contributed by atoms with Crippen LogP contribution in [0.2, 0.25) is 1.41 Å². The Morgan fingerprint density at radius 1 is 1.40 bits per heavy atom. The highest BCUT2D eigenvalue weighted by Crippen LogP contribution is 2.45. The molecule has 0 radical (unpaired) electrons. The van der Waals surface area contributed by atoms with Crippen molar-refractivity contribution in [1.82, 2.24) is 5.31 Å². The zero-order chi connectivity index (χ0) is 7.90. The van der Waals surface area contributed by atoms with Gasteiger partial charge >= 0.3 is 0 Å². The quantitative estimate of drug-likeness (QED) is 0.537. The lowest BCUT2D eigenvalue weighted by Crippen LogP contribution is -2.45. The lowest BCUT2D eigenvalue weighted by atomic mass is 9.63. The summed E-state index contributed by atoms with van der Waals surface area (Å²) < 4.78 is 7.35. The molecule has 0 unspecified atom stereocenters. The number of carbonyl (C=O) groups excluding carboxylic acids is 1. The molecule has 2 aliphatic rings. The molecular formula is C8H13NO. The lowest BCUT2D eigenvalue weighted by molar-refractivity contribution is -0.134. The number of nitrogens with one attached hydrogen (secondary N) is 1. The SMILES string of the molecule is [2H]N1CCC2(CC1)CC(=O)C2. The molecule has 56 valence electrons. The third kappa shape index (κ3) is 0.870. The van der Waals surface area contributed by atoms with Gasteiger partial charge in [0.2, 0.25) is 0 Å². The predicted molar refractivity (Wildman–Crippen MR) is 38.8 cm³/mol. The van der Waals surface area contributed by atoms with E-state index in [2.05, 4.69) is 0 Å². The molecule has 0 amide bonds. The summed E-state index contributed by atoms with van der Waals surface area (Å²) in [6.45, 7) is 1.71. The van der Waals surface area contributed by atoms with Crippen LogP contribution in [0.15, 0.2) is 0 Å². The van der Waals surface area contributed by atoms with Crippen LogP contribution >= 0.6 is 0 Å². The largest absolute Gasteiger partial charge is 0.317 e. The van der Waals surface area contributed by atoms with Gasteiger partial charge in [0.25, 0.3) is 0 Å². The Kier molecular flexibility index (Phi) is 1.09. The third-order valence-corrected chi connectivity index (χ3v) is 2.74. The molecule has 1 spiro atoms. The van der Waals surface area contributed by atoms with Crippen LogP contribution in [-0.4, -0.2) is 18.9 Å². The molecule has 1 aliphatic carbocycles. The van der Waals surface area contributed by atoms with E-state index in [1.807, 2.05) is 0 Å². The van der Waals surface area contributed by atoms with Crippen molar-refractivity contribution in [3.63, 3.8) is 0 Å². The molecule has 2 rings (SSSR count). The molecular weight excluding hydrogens is 126 g/mol. The average Bonchev–Trinajstić information content (AvgIpc) is 1.92. The van der Waals surface area contributed by atoms with E-state index < -0.39 is 0 Å². The summed E-state index contributed by atoms with van der Waals surface area (Å²) in [6.07, 6.45) is 3.70. The maximum Gasteiger partial charge on any atom is 0.134 e. The van der Waals surface area contributed by atoms with Crippen molar-refractivity contribution < 1.29 is 6.21 Å². The van der Waals surface area contributed by atoms with Crippen LogP contribution in [0.25, 0.3) is 0 Å². The minimum Gasteiger partial charge on any atom is -0.317 e. The molecule has 0 atom stereocenters. The van der Waals surface area contributed by atoms with Gasteiger partial charge in [0.15, 0.2) is 0 Å². The van der Waals surface area contributed by atoms with Crippen molar-refractivity contribution in [3.05, 3.63) is 0 Å². The van der Waals surface area contributed by atoms with Crippen molar-refractivity contribution in [2.75, 3.05) is 13.1 Å². The summed E-state index contributed by atoms with van der Waals surface area (Å²) in [5.41, 5.74) is 0.342. The number of hydrogen-bond acceptors (Lipinski definition) is 2. The van der Waals surface area contributed by atoms with Gasteiger partial charge in [-0.2, -0.15) is 0 Å². The number of hydrogen-bond donors (Lipinski definition) is 1. The molecule has 10 heavy (non-hydrogen) atoms. The van der Waals surface area contributed by atoms with E-state index in [0.717, 1.165) is 38.8 Å². The third-order valence-electron chi connectivity index (χ3n) is 2.74. The van der Waals surface area contributed by atoms with Gasteiger partial charge in [-0.15, -0.1) is 0 Å². The first-order valence-corrected chi connectivity index (χ1v) is 3.96. The molecule has 0 aromatic heterocycles. The summed E-state index contributed by atoms with van der Waals surface area (Å²) >= 11 is 0. The van der Waals surface area contributed by atoms with E-state index in [9.17, 15) is 4.79 Å². The fourth-order valence-corrected chi connectivity index (χ4v) is 2.01. The maximum atomic E-state index is 10.8. The Labute approximate surface area is 62.5 Å². The van der Waals surface area contributed by atoms with Gasteiger partial charge in [0.05, 0.1) is 0 Å². The Hall–Kier alpha value is -0.370. The Morgan fingerprint density at radius 2 is 2.00 bits per heavy atom. The van der Waals surface area contributed by atoms with Crippen LogP contribution < -0.4 is 5.31 Å². The van der Waals surface area contributed by atoms with E-state index in [4.69, 9.17) is 1.41 Å². The van der Waals surface area contributed by atoms with Crippen LogP contribution in [0.1, 0.15) is 25.7 Å². The molecule has 0 bridgehead atoms. The van der Waals surface area contributed by atoms with Crippen LogP contribution in [0.4, 0.5) is 0 Å². The second-order valence-electron chi connectivity index (χ2n) is 3.56. The van der Waals surface area contributed by atoms with Gasteiger partial charge in [-0.3, -0.25) is 4.79 Å². The van der Waals surface area contributed by atoms with Gasteiger partial charge in [0.1, 0.15) is 7.20 Å². The van der Waals surface area contributed by atoms with E-state index in [1.165, 1.54) is 0 Å². The Bertz CT molecular complexity index is 175. The molecule has 0 aromatic rings. The zero-order valence-corrected chi connectivity index (χ0v) is 6.10. The summed E-state index contributed by atoms with van der Waals surface area (Å²) in [5.74, 6) is 0.420. The average molecular weight is 140 g/mol. The molecule has 1 saturated heterocycles. The van der Waals surface area contributed by atoms with Crippen molar-refractivity contribution in [1.29, 1.82) is 0 Å². The first-order chi connectivity index (χ1) is 5.20. The highest BCUT2D eigenvalue weighted by Gasteiger charge is 2.43. The molecule has 1 N–H and O–H groups in total. The van der Waals surface area contributed by atoms with Crippen LogP contribution in [0, 0.1) is 5.41 Å². The number of rotatable bonds is 0. The standard InChI is InChI=1S/C8H13NO/c10-7-5-8(6-7)1-3-9-4-2-8/h9H,1-6H2/i/hD. The minimum absolute atomic E-state index is 0.342. The maximum absolute atomic E-state index is 10.8. The monoisotopic (exact) mass is 140 g/mol. The van der Waals surface area contributed by atoms with Crippen LogP contribution in [-0.2, 0) is 4.79 Å². The van der Waals surface area contributed by atoms with Crippen molar-refractivity contribution in [2.24, 2.45) is 5.41 Å². The molecule has 2 nitrogen and oxygen atoms in total. The zero-order valence-electron chi connectivity index (χ0n) is 7.10. The predicted octanol–water partition coefficient (Wildman–Crippen LogP) is 0.719. The first kappa shape index (κ1) is 5.30. The van der Waals surface area contributed by atoms with Crippen molar-refractivity contribution in [2.45, 2.75) is 25.7 Å². The number of Topliss-reactive ketones (excluding diaryl/α,β-unsaturated/α-hetero) is 1. The second-order valence-corrected chi connectivity index (χ2v) is 3.56. The van der Waals surface area contributed by atoms with E-state index >= 15 is 0 Å². The van der Waals surface area contributed by atoms with Gasteiger partial charge in [-0.05, 0) is 31.3 Å². The fraction of sp³-hybridized carbons (Fsp3) is 0.875. The van der Waals surface area contributed by atoms with Crippen LogP contribution in [0.3, 0.4) is 0 Å². The number of piperidine rings is 1. The minimum atomic E-state index is 0.342. The van der Waals surface area contributed by atoms with Crippen LogP contribution in [0.5, 0.6) is 0 Å². The summed E-state index contributed by atoms with van der Waals surface area (Å²) in [4.78, 5) is 10.8. The van der Waals surface area contributed by atoms with Gasteiger partial charge in [-0.1, -0.05) is 0 Å². The summed E-state index contributed by atoms with van der Waals surface area (Å²) in [6, 6.07) is 0. The highest BCUT2D eigenvalue weighted by atomic mass is 16.1. The van der Waals surface area contributed by atoms with Crippen molar-refractivity contribution in [3.8, 4) is 0 Å². The topological polar surface area (TPSA) is 29.1 Å². The molecule has 0 aromatic carbocycles. The summed E-state index contributed by atoms with van der Waals surface area (Å²) in [7, 11) is 0. The fourth-order valence-electron chi connectivity index (χ4n) is 2.01. The first-order valence-electron chi connectivity index (χ1n) is 4.41. The molecule has 2 heteroatoms. The second kappa shape index (κ2) is 2.06. The molecule has 1 aliphatic heterocycles. The smallest absolute Gasteiger partial charge is 0.134 e. The molecule has 1 saturated carbocycles. The van der Waals surface area contributed by atoms with E-state index in [0.29, 0.717) is 11.2 Å². The number of carbonyl (C=O) groups is 1. The number of ketones is 1.